The summed E-state index contributed by atoms with van der Waals surface area (Å²) in [5, 5.41) is 9.16. The van der Waals surface area contributed by atoms with E-state index in [1.165, 1.54) is 31.0 Å². The highest BCUT2D eigenvalue weighted by Gasteiger charge is 2.34. The molecule has 0 saturated carbocycles. The van der Waals surface area contributed by atoms with Crippen molar-refractivity contribution < 1.29 is 14.0 Å². The lowest BCUT2D eigenvalue weighted by atomic mass is 9.89. The molecule has 146 valence electrons. The molecule has 2 bridgehead atoms. The van der Waals surface area contributed by atoms with Gasteiger partial charge in [-0.3, -0.25) is 9.59 Å². The number of carbonyl (C=O) groups excluding carboxylic acids is 2. The molecule has 2 aromatic rings. The molecule has 0 aromatic heterocycles. The molecule has 2 aromatic carbocycles. The predicted octanol–water partition coefficient (Wildman–Crippen LogP) is 3.94. The first kappa shape index (κ1) is 18.6. The lowest BCUT2D eigenvalue weighted by Gasteiger charge is -2.28. The Morgan fingerprint density at radius 1 is 0.964 bits per heavy atom. The van der Waals surface area contributed by atoms with E-state index >= 15 is 0 Å². The average Bonchev–Trinajstić information content (AvgIpc) is 3.00. The Kier molecular flexibility index (Phi) is 5.39. The standard InChI is InChI=1S/C22H24FN3O2/c23-16-4-2-6-18(13-16)26-22(28)15-3-1-5-17(12-15)25-21(27)11-14-9-19-7-8-20(10-14)24-19/h1-6,12-14,19-20,24H,7-11H2,(H,25,27)(H,26,28). The van der Waals surface area contributed by atoms with Gasteiger partial charge in [-0.25, -0.2) is 4.39 Å². The summed E-state index contributed by atoms with van der Waals surface area (Å²) < 4.78 is 13.3. The van der Waals surface area contributed by atoms with Crippen molar-refractivity contribution in [3.63, 3.8) is 0 Å². The van der Waals surface area contributed by atoms with Crippen LogP contribution in [0.4, 0.5) is 15.8 Å². The molecule has 2 amide bonds. The van der Waals surface area contributed by atoms with Gasteiger partial charge in [0.05, 0.1) is 0 Å². The van der Waals surface area contributed by atoms with Crippen LogP contribution in [0.25, 0.3) is 0 Å². The number of benzene rings is 2. The van der Waals surface area contributed by atoms with Gasteiger partial charge in [-0.15, -0.1) is 0 Å². The van der Waals surface area contributed by atoms with Gasteiger partial charge in [0, 0.05) is 35.4 Å². The second-order valence-corrected chi connectivity index (χ2v) is 7.77. The number of halogens is 1. The fraction of sp³-hybridized carbons (Fsp3) is 0.364. The number of carbonyl (C=O) groups is 2. The third-order valence-electron chi connectivity index (χ3n) is 5.54. The molecule has 2 aliphatic rings. The second-order valence-electron chi connectivity index (χ2n) is 7.77. The van der Waals surface area contributed by atoms with Crippen molar-refractivity contribution in [2.45, 2.75) is 44.2 Å². The molecule has 2 aliphatic heterocycles. The van der Waals surface area contributed by atoms with E-state index in [2.05, 4.69) is 16.0 Å². The van der Waals surface area contributed by atoms with Crippen LogP contribution in [0.3, 0.4) is 0 Å². The summed E-state index contributed by atoms with van der Waals surface area (Å²) >= 11 is 0. The van der Waals surface area contributed by atoms with Crippen LogP contribution in [-0.2, 0) is 4.79 Å². The van der Waals surface area contributed by atoms with Gasteiger partial charge in [-0.1, -0.05) is 12.1 Å². The van der Waals surface area contributed by atoms with Crippen molar-refractivity contribution in [2.75, 3.05) is 10.6 Å². The average molecular weight is 381 g/mol. The zero-order valence-electron chi connectivity index (χ0n) is 15.6. The third kappa shape index (κ3) is 4.57. The third-order valence-corrected chi connectivity index (χ3v) is 5.54. The quantitative estimate of drug-likeness (QED) is 0.735. The Morgan fingerprint density at radius 3 is 2.36 bits per heavy atom. The highest BCUT2D eigenvalue weighted by molar-refractivity contribution is 6.05. The molecule has 2 unspecified atom stereocenters. The number of piperidine rings is 1. The monoisotopic (exact) mass is 381 g/mol. The predicted molar refractivity (Wildman–Crippen MR) is 107 cm³/mol. The summed E-state index contributed by atoms with van der Waals surface area (Å²) in [5.41, 5.74) is 1.38. The highest BCUT2D eigenvalue weighted by atomic mass is 19.1. The molecule has 2 fully saturated rings. The van der Waals surface area contributed by atoms with Crippen molar-refractivity contribution in [1.29, 1.82) is 0 Å². The number of rotatable bonds is 5. The molecule has 5 nitrogen and oxygen atoms in total. The molecule has 0 aliphatic carbocycles. The van der Waals surface area contributed by atoms with E-state index in [-0.39, 0.29) is 11.8 Å². The fourth-order valence-corrected chi connectivity index (χ4v) is 4.32. The van der Waals surface area contributed by atoms with Crippen molar-refractivity contribution in [3.8, 4) is 0 Å². The Labute approximate surface area is 163 Å². The van der Waals surface area contributed by atoms with Crippen LogP contribution in [0.5, 0.6) is 0 Å². The van der Waals surface area contributed by atoms with E-state index in [1.807, 2.05) is 0 Å². The summed E-state index contributed by atoms with van der Waals surface area (Å²) in [6.45, 7) is 0. The SMILES string of the molecule is O=C(CC1CC2CCC(C1)N2)Nc1cccc(C(=O)Nc2cccc(F)c2)c1. The Morgan fingerprint density at radius 2 is 1.64 bits per heavy atom. The van der Waals surface area contributed by atoms with Crippen molar-refractivity contribution in [2.24, 2.45) is 5.92 Å². The normalized spacial score (nSPS) is 23.2. The van der Waals surface area contributed by atoms with E-state index in [0.717, 1.165) is 12.8 Å². The van der Waals surface area contributed by atoms with E-state index in [9.17, 15) is 14.0 Å². The smallest absolute Gasteiger partial charge is 0.255 e. The Hall–Kier alpha value is -2.73. The van der Waals surface area contributed by atoms with Crippen LogP contribution >= 0.6 is 0 Å². The molecule has 0 radical (unpaired) electrons. The van der Waals surface area contributed by atoms with Gasteiger partial charge in [0.25, 0.3) is 5.91 Å². The molecule has 2 heterocycles. The maximum atomic E-state index is 13.3. The van der Waals surface area contributed by atoms with Crippen molar-refractivity contribution >= 4 is 23.2 Å². The first-order chi connectivity index (χ1) is 13.5. The molecule has 0 spiro atoms. The lowest BCUT2D eigenvalue weighted by Crippen LogP contribution is -2.39. The number of amides is 2. The van der Waals surface area contributed by atoms with E-state index in [1.54, 1.807) is 30.3 Å². The zero-order chi connectivity index (χ0) is 19.5. The van der Waals surface area contributed by atoms with Crippen LogP contribution in [0.2, 0.25) is 0 Å². The number of fused-ring (bicyclic) bond motifs is 2. The van der Waals surface area contributed by atoms with Gasteiger partial charge in [0.15, 0.2) is 0 Å². The molecule has 3 N–H and O–H groups in total. The summed E-state index contributed by atoms with van der Waals surface area (Å²) in [7, 11) is 0. The largest absolute Gasteiger partial charge is 0.326 e. The fourth-order valence-electron chi connectivity index (χ4n) is 4.32. The maximum Gasteiger partial charge on any atom is 0.255 e. The van der Waals surface area contributed by atoms with Gasteiger partial charge >= 0.3 is 0 Å². The molecule has 6 heteroatoms. The molecule has 4 rings (SSSR count). The second kappa shape index (κ2) is 8.10. The summed E-state index contributed by atoms with van der Waals surface area (Å²) in [6.07, 6.45) is 5.05. The van der Waals surface area contributed by atoms with Crippen LogP contribution in [0, 0.1) is 11.7 Å². The Balaban J connectivity index is 1.35. The van der Waals surface area contributed by atoms with Gasteiger partial charge in [-0.05, 0) is 68.0 Å². The van der Waals surface area contributed by atoms with Gasteiger partial charge in [0.1, 0.15) is 5.82 Å². The summed E-state index contributed by atoms with van der Waals surface area (Å²) in [6, 6.07) is 13.7. The van der Waals surface area contributed by atoms with E-state index < -0.39 is 5.82 Å². The number of anilines is 2. The molecular weight excluding hydrogens is 357 g/mol. The minimum absolute atomic E-state index is 0.0195. The Bertz CT molecular complexity index is 874. The van der Waals surface area contributed by atoms with Crippen LogP contribution in [0.15, 0.2) is 48.5 Å². The van der Waals surface area contributed by atoms with Crippen LogP contribution in [0.1, 0.15) is 42.5 Å². The number of hydrogen-bond acceptors (Lipinski definition) is 3. The first-order valence-electron chi connectivity index (χ1n) is 9.78. The van der Waals surface area contributed by atoms with Gasteiger partial charge in [-0.2, -0.15) is 0 Å². The van der Waals surface area contributed by atoms with E-state index in [0.29, 0.717) is 41.4 Å². The highest BCUT2D eigenvalue weighted by Crippen LogP contribution is 2.32. The minimum atomic E-state index is -0.412. The molecule has 28 heavy (non-hydrogen) atoms. The first-order valence-corrected chi connectivity index (χ1v) is 9.78. The maximum absolute atomic E-state index is 13.3. The zero-order valence-corrected chi connectivity index (χ0v) is 15.6. The van der Waals surface area contributed by atoms with Crippen LogP contribution in [-0.4, -0.2) is 23.9 Å². The summed E-state index contributed by atoms with van der Waals surface area (Å²) in [4.78, 5) is 24.9. The van der Waals surface area contributed by atoms with Crippen LogP contribution < -0.4 is 16.0 Å². The van der Waals surface area contributed by atoms with Crippen molar-refractivity contribution in [1.82, 2.24) is 5.32 Å². The lowest BCUT2D eigenvalue weighted by molar-refractivity contribution is -0.117. The molecule has 2 atom stereocenters. The van der Waals surface area contributed by atoms with E-state index in [4.69, 9.17) is 0 Å². The summed E-state index contributed by atoms with van der Waals surface area (Å²) in [5.74, 6) is -0.367. The molecule has 2 saturated heterocycles. The van der Waals surface area contributed by atoms with Crippen molar-refractivity contribution in [3.05, 3.63) is 59.9 Å². The minimum Gasteiger partial charge on any atom is -0.326 e. The topological polar surface area (TPSA) is 70.2 Å². The number of nitrogens with one attached hydrogen (secondary N) is 3. The van der Waals surface area contributed by atoms with Gasteiger partial charge in [0.2, 0.25) is 5.91 Å². The van der Waals surface area contributed by atoms with Gasteiger partial charge < -0.3 is 16.0 Å². The molecular formula is C22H24FN3O2. The number of hydrogen-bond donors (Lipinski definition) is 3.